The van der Waals surface area contributed by atoms with Crippen molar-refractivity contribution < 1.29 is 18.8 Å². The quantitative estimate of drug-likeness (QED) is 0.874. The molecule has 0 aliphatic heterocycles. The van der Waals surface area contributed by atoms with Crippen molar-refractivity contribution in [3.63, 3.8) is 0 Å². The first-order chi connectivity index (χ1) is 10.4. The summed E-state index contributed by atoms with van der Waals surface area (Å²) in [5.74, 6) is -0.731. The SMILES string of the molecule is Cc1noc(C)c1C(=O)O[C@@H](C)C(=O)Nc1ccc(Cl)cc1. The van der Waals surface area contributed by atoms with Crippen LogP contribution >= 0.6 is 11.6 Å². The van der Waals surface area contributed by atoms with Crippen LogP contribution in [0.25, 0.3) is 0 Å². The van der Waals surface area contributed by atoms with E-state index in [1.54, 1.807) is 38.1 Å². The fourth-order valence-electron chi connectivity index (χ4n) is 1.82. The Labute approximate surface area is 132 Å². The Hall–Kier alpha value is -2.34. The number of aryl methyl sites for hydroxylation is 2. The topological polar surface area (TPSA) is 81.4 Å². The molecule has 22 heavy (non-hydrogen) atoms. The van der Waals surface area contributed by atoms with Crippen LogP contribution in [-0.4, -0.2) is 23.1 Å². The molecule has 0 unspecified atom stereocenters. The molecule has 0 radical (unpaired) electrons. The second-order valence-electron chi connectivity index (χ2n) is 4.74. The number of amides is 1. The van der Waals surface area contributed by atoms with Gasteiger partial charge in [0.2, 0.25) is 0 Å². The van der Waals surface area contributed by atoms with Gasteiger partial charge >= 0.3 is 5.97 Å². The van der Waals surface area contributed by atoms with Gasteiger partial charge in [0.05, 0.1) is 5.69 Å². The number of carbonyl (C=O) groups excluding carboxylic acids is 2. The molecule has 0 bridgehead atoms. The number of hydrogen-bond acceptors (Lipinski definition) is 5. The minimum atomic E-state index is -0.961. The number of hydrogen-bond donors (Lipinski definition) is 1. The number of halogens is 1. The molecule has 0 saturated heterocycles. The van der Waals surface area contributed by atoms with Crippen molar-refractivity contribution in [3.8, 4) is 0 Å². The van der Waals surface area contributed by atoms with Crippen LogP contribution < -0.4 is 5.32 Å². The van der Waals surface area contributed by atoms with Gasteiger partial charge in [-0.2, -0.15) is 0 Å². The van der Waals surface area contributed by atoms with E-state index in [1.165, 1.54) is 6.92 Å². The van der Waals surface area contributed by atoms with Gasteiger partial charge < -0.3 is 14.6 Å². The summed E-state index contributed by atoms with van der Waals surface area (Å²) in [4.78, 5) is 24.1. The lowest BCUT2D eigenvalue weighted by Gasteiger charge is -2.13. The first-order valence-electron chi connectivity index (χ1n) is 6.58. The molecule has 0 saturated carbocycles. The van der Waals surface area contributed by atoms with Crippen molar-refractivity contribution in [2.45, 2.75) is 26.9 Å². The maximum atomic E-state index is 12.0. The smallest absolute Gasteiger partial charge is 0.344 e. The van der Waals surface area contributed by atoms with E-state index in [1.807, 2.05) is 0 Å². The van der Waals surface area contributed by atoms with Crippen molar-refractivity contribution in [1.29, 1.82) is 0 Å². The van der Waals surface area contributed by atoms with Crippen LogP contribution in [0.2, 0.25) is 5.02 Å². The van der Waals surface area contributed by atoms with E-state index in [2.05, 4.69) is 10.5 Å². The van der Waals surface area contributed by atoms with Gasteiger partial charge in [-0.05, 0) is 45.0 Å². The van der Waals surface area contributed by atoms with Crippen molar-refractivity contribution in [1.82, 2.24) is 5.16 Å². The number of benzene rings is 1. The summed E-state index contributed by atoms with van der Waals surface area (Å²) in [5, 5.41) is 6.88. The van der Waals surface area contributed by atoms with Gasteiger partial charge in [-0.3, -0.25) is 4.79 Å². The van der Waals surface area contributed by atoms with Crippen LogP contribution in [0.3, 0.4) is 0 Å². The summed E-state index contributed by atoms with van der Waals surface area (Å²) in [6.07, 6.45) is -0.961. The van der Waals surface area contributed by atoms with Gasteiger partial charge in [0.25, 0.3) is 5.91 Å². The summed E-state index contributed by atoms with van der Waals surface area (Å²) in [6.45, 7) is 4.72. The zero-order valence-electron chi connectivity index (χ0n) is 12.3. The minimum absolute atomic E-state index is 0.242. The number of carbonyl (C=O) groups is 2. The molecule has 1 N–H and O–H groups in total. The Balaban J connectivity index is 1.99. The van der Waals surface area contributed by atoms with E-state index in [9.17, 15) is 9.59 Å². The van der Waals surface area contributed by atoms with Crippen LogP contribution in [0.4, 0.5) is 5.69 Å². The van der Waals surface area contributed by atoms with Gasteiger partial charge in [-0.15, -0.1) is 0 Å². The molecule has 2 aromatic rings. The molecule has 2 rings (SSSR count). The minimum Gasteiger partial charge on any atom is -0.449 e. The average molecular weight is 323 g/mol. The highest BCUT2D eigenvalue weighted by molar-refractivity contribution is 6.30. The molecule has 1 aromatic heterocycles. The van der Waals surface area contributed by atoms with E-state index in [0.717, 1.165) is 0 Å². The number of esters is 1. The third kappa shape index (κ3) is 3.65. The first-order valence-corrected chi connectivity index (χ1v) is 6.96. The Morgan fingerprint density at radius 3 is 2.45 bits per heavy atom. The van der Waals surface area contributed by atoms with E-state index in [4.69, 9.17) is 20.9 Å². The second kappa shape index (κ2) is 6.62. The highest BCUT2D eigenvalue weighted by atomic mass is 35.5. The molecule has 1 aromatic carbocycles. The van der Waals surface area contributed by atoms with Crippen LogP contribution in [0, 0.1) is 13.8 Å². The lowest BCUT2D eigenvalue weighted by atomic mass is 10.2. The van der Waals surface area contributed by atoms with Crippen LogP contribution in [0.1, 0.15) is 28.7 Å². The van der Waals surface area contributed by atoms with E-state index < -0.39 is 18.0 Å². The lowest BCUT2D eigenvalue weighted by molar-refractivity contribution is -0.123. The first kappa shape index (κ1) is 16.0. The highest BCUT2D eigenvalue weighted by Gasteiger charge is 2.24. The molecule has 6 nitrogen and oxygen atoms in total. The molecule has 1 amide bonds. The predicted molar refractivity (Wildman–Crippen MR) is 80.9 cm³/mol. The molecule has 1 heterocycles. The van der Waals surface area contributed by atoms with Gasteiger partial charge in [-0.1, -0.05) is 16.8 Å². The summed E-state index contributed by atoms with van der Waals surface area (Å²) in [5.41, 5.74) is 1.23. The Morgan fingerprint density at radius 1 is 1.27 bits per heavy atom. The molecule has 116 valence electrons. The Bertz CT molecular complexity index is 675. The van der Waals surface area contributed by atoms with Gasteiger partial charge in [0.1, 0.15) is 11.3 Å². The Kier molecular flexibility index (Phi) is 4.82. The fourth-order valence-corrected chi connectivity index (χ4v) is 1.95. The van der Waals surface area contributed by atoms with Crippen LogP contribution in [0.15, 0.2) is 28.8 Å². The third-order valence-corrected chi connectivity index (χ3v) is 3.25. The van der Waals surface area contributed by atoms with Gasteiger partial charge in [0.15, 0.2) is 6.10 Å². The lowest BCUT2D eigenvalue weighted by Crippen LogP contribution is -2.30. The van der Waals surface area contributed by atoms with Crippen LogP contribution in [-0.2, 0) is 9.53 Å². The predicted octanol–water partition coefficient (Wildman–Crippen LogP) is 3.13. The third-order valence-electron chi connectivity index (χ3n) is 3.00. The number of aromatic nitrogens is 1. The van der Waals surface area contributed by atoms with Gasteiger partial charge in [-0.25, -0.2) is 4.79 Å². The number of anilines is 1. The molecular formula is C15H15ClN2O4. The van der Waals surface area contributed by atoms with Crippen molar-refractivity contribution in [2.24, 2.45) is 0 Å². The molecule has 0 spiro atoms. The highest BCUT2D eigenvalue weighted by Crippen LogP contribution is 2.16. The fraction of sp³-hybridized carbons (Fsp3) is 0.267. The monoisotopic (exact) mass is 322 g/mol. The molecule has 0 aliphatic carbocycles. The zero-order chi connectivity index (χ0) is 16.3. The largest absolute Gasteiger partial charge is 0.449 e. The standard InChI is InChI=1S/C15H15ClN2O4/c1-8-13(9(2)22-18-8)15(20)21-10(3)14(19)17-12-6-4-11(16)5-7-12/h4-7,10H,1-3H3,(H,17,19)/t10-/m0/s1. The van der Waals surface area contributed by atoms with E-state index >= 15 is 0 Å². The summed E-state index contributed by atoms with van der Waals surface area (Å²) >= 11 is 5.77. The normalized spacial score (nSPS) is 11.8. The van der Waals surface area contributed by atoms with E-state index in [-0.39, 0.29) is 5.56 Å². The number of rotatable bonds is 4. The molecule has 1 atom stereocenters. The summed E-state index contributed by atoms with van der Waals surface area (Å²) in [7, 11) is 0. The Morgan fingerprint density at radius 2 is 1.91 bits per heavy atom. The maximum Gasteiger partial charge on any atom is 0.344 e. The number of ether oxygens (including phenoxy) is 1. The zero-order valence-corrected chi connectivity index (χ0v) is 13.1. The van der Waals surface area contributed by atoms with Gasteiger partial charge in [0, 0.05) is 10.7 Å². The maximum absolute atomic E-state index is 12.0. The number of nitrogens with zero attached hydrogens (tertiary/aromatic N) is 1. The molecular weight excluding hydrogens is 308 g/mol. The molecule has 7 heteroatoms. The number of nitrogens with one attached hydrogen (secondary N) is 1. The summed E-state index contributed by atoms with van der Waals surface area (Å²) < 4.78 is 10.0. The van der Waals surface area contributed by atoms with Crippen molar-refractivity contribution >= 4 is 29.2 Å². The van der Waals surface area contributed by atoms with Crippen LogP contribution in [0.5, 0.6) is 0 Å². The second-order valence-corrected chi connectivity index (χ2v) is 5.18. The molecule has 0 aliphatic rings. The summed E-state index contributed by atoms with van der Waals surface area (Å²) in [6, 6.07) is 6.61. The van der Waals surface area contributed by atoms with E-state index in [0.29, 0.717) is 22.2 Å². The van der Waals surface area contributed by atoms with Crippen molar-refractivity contribution in [3.05, 3.63) is 46.3 Å². The molecule has 0 fully saturated rings. The average Bonchev–Trinajstić information content (AvgIpc) is 2.80. The van der Waals surface area contributed by atoms with Crippen molar-refractivity contribution in [2.75, 3.05) is 5.32 Å².